The minimum absolute atomic E-state index is 0.0816. The first-order valence-corrected chi connectivity index (χ1v) is 9.04. The van der Waals surface area contributed by atoms with Gasteiger partial charge in [-0.15, -0.1) is 0 Å². The fourth-order valence-electron chi connectivity index (χ4n) is 2.39. The van der Waals surface area contributed by atoms with Crippen molar-refractivity contribution >= 4 is 16.1 Å². The quantitative estimate of drug-likeness (QED) is 0.503. The SMILES string of the molecule is CC(CCCCCCCC(=O)O)c1ccc(S(=O)(=O)O)cc1. The zero-order valence-corrected chi connectivity index (χ0v) is 13.7. The summed E-state index contributed by atoms with van der Waals surface area (Å²) < 4.78 is 30.9. The molecule has 2 N–H and O–H groups in total. The number of rotatable bonds is 10. The Balaban J connectivity index is 2.28. The standard InChI is InChI=1S/C16H24O5S/c1-13(7-5-3-2-4-6-8-16(17)18)14-9-11-15(12-10-14)22(19,20)21/h9-13H,2-8H2,1H3,(H,17,18)(H,19,20,21). The molecule has 1 aromatic carbocycles. The van der Waals surface area contributed by atoms with Gasteiger partial charge >= 0.3 is 5.97 Å². The lowest BCUT2D eigenvalue weighted by molar-refractivity contribution is -0.137. The van der Waals surface area contributed by atoms with Gasteiger partial charge in [0.1, 0.15) is 0 Å². The number of aliphatic carboxylic acids is 1. The minimum atomic E-state index is -4.12. The lowest BCUT2D eigenvalue weighted by Crippen LogP contribution is -1.99. The summed E-state index contributed by atoms with van der Waals surface area (Å²) in [5.74, 6) is -0.406. The fraction of sp³-hybridized carbons (Fsp3) is 0.562. The van der Waals surface area contributed by atoms with Crippen LogP contribution in [0.2, 0.25) is 0 Å². The van der Waals surface area contributed by atoms with Crippen LogP contribution in [0.3, 0.4) is 0 Å². The van der Waals surface area contributed by atoms with Crippen LogP contribution >= 0.6 is 0 Å². The maximum atomic E-state index is 11.0. The Morgan fingerprint density at radius 3 is 2.14 bits per heavy atom. The third kappa shape index (κ3) is 7.04. The van der Waals surface area contributed by atoms with Crippen molar-refractivity contribution in [2.24, 2.45) is 0 Å². The zero-order valence-electron chi connectivity index (χ0n) is 12.9. The molecular weight excluding hydrogens is 304 g/mol. The highest BCUT2D eigenvalue weighted by atomic mass is 32.2. The summed E-state index contributed by atoms with van der Waals surface area (Å²) in [6.45, 7) is 2.09. The Hall–Kier alpha value is -1.40. The largest absolute Gasteiger partial charge is 0.481 e. The van der Waals surface area contributed by atoms with Crippen LogP contribution < -0.4 is 0 Å². The van der Waals surface area contributed by atoms with Crippen molar-refractivity contribution in [3.63, 3.8) is 0 Å². The van der Waals surface area contributed by atoms with E-state index in [1.54, 1.807) is 12.1 Å². The number of hydrogen-bond donors (Lipinski definition) is 2. The van der Waals surface area contributed by atoms with Crippen molar-refractivity contribution in [3.05, 3.63) is 29.8 Å². The number of carboxylic acids is 1. The first-order valence-electron chi connectivity index (χ1n) is 7.60. The van der Waals surface area contributed by atoms with E-state index in [0.29, 0.717) is 5.92 Å². The molecule has 124 valence electrons. The Bertz CT molecular complexity index is 563. The number of benzene rings is 1. The van der Waals surface area contributed by atoms with Gasteiger partial charge in [0.05, 0.1) is 4.90 Å². The summed E-state index contributed by atoms with van der Waals surface area (Å²) in [7, 11) is -4.12. The minimum Gasteiger partial charge on any atom is -0.481 e. The van der Waals surface area contributed by atoms with Crippen molar-refractivity contribution < 1.29 is 22.9 Å². The van der Waals surface area contributed by atoms with Crippen LogP contribution in [0.4, 0.5) is 0 Å². The molecular formula is C16H24O5S. The van der Waals surface area contributed by atoms with Crippen LogP contribution in [0.25, 0.3) is 0 Å². The summed E-state index contributed by atoms with van der Waals surface area (Å²) >= 11 is 0. The van der Waals surface area contributed by atoms with Gasteiger partial charge in [-0.3, -0.25) is 9.35 Å². The first-order chi connectivity index (χ1) is 10.3. The molecule has 1 aromatic rings. The number of hydrogen-bond acceptors (Lipinski definition) is 3. The lowest BCUT2D eigenvalue weighted by atomic mass is 9.95. The Kier molecular flexibility index (Phi) is 7.55. The van der Waals surface area contributed by atoms with Gasteiger partial charge in [0.2, 0.25) is 0 Å². The predicted octanol–water partition coefficient (Wildman–Crippen LogP) is 3.85. The fourth-order valence-corrected chi connectivity index (χ4v) is 2.87. The molecule has 0 spiro atoms. The van der Waals surface area contributed by atoms with Crippen molar-refractivity contribution in [1.29, 1.82) is 0 Å². The molecule has 0 bridgehead atoms. The highest BCUT2D eigenvalue weighted by molar-refractivity contribution is 7.85. The van der Waals surface area contributed by atoms with Crippen LogP contribution in [0, 0.1) is 0 Å². The molecule has 0 radical (unpaired) electrons. The highest BCUT2D eigenvalue weighted by Crippen LogP contribution is 2.23. The van der Waals surface area contributed by atoms with Gasteiger partial charge in [-0.25, -0.2) is 0 Å². The normalized spacial score (nSPS) is 13.0. The molecule has 0 aliphatic rings. The molecule has 0 aliphatic heterocycles. The van der Waals surface area contributed by atoms with Crippen LogP contribution in [0.15, 0.2) is 29.2 Å². The van der Waals surface area contributed by atoms with Gasteiger partial charge in [0, 0.05) is 6.42 Å². The maximum absolute atomic E-state index is 11.0. The van der Waals surface area contributed by atoms with E-state index in [1.165, 1.54) is 12.1 Å². The monoisotopic (exact) mass is 328 g/mol. The molecule has 0 aliphatic carbocycles. The molecule has 0 aromatic heterocycles. The first kappa shape index (κ1) is 18.6. The third-order valence-electron chi connectivity index (χ3n) is 3.77. The Morgan fingerprint density at radius 2 is 1.59 bits per heavy atom. The van der Waals surface area contributed by atoms with Gasteiger partial charge < -0.3 is 5.11 Å². The molecule has 0 amide bonds. The molecule has 0 saturated heterocycles. The van der Waals surface area contributed by atoms with Crippen molar-refractivity contribution in [1.82, 2.24) is 0 Å². The molecule has 1 atom stereocenters. The smallest absolute Gasteiger partial charge is 0.303 e. The van der Waals surface area contributed by atoms with E-state index in [-0.39, 0.29) is 11.3 Å². The molecule has 5 nitrogen and oxygen atoms in total. The average molecular weight is 328 g/mol. The molecule has 0 fully saturated rings. The summed E-state index contributed by atoms with van der Waals surface area (Å²) in [5, 5.41) is 8.53. The molecule has 22 heavy (non-hydrogen) atoms. The molecule has 1 unspecified atom stereocenters. The maximum Gasteiger partial charge on any atom is 0.303 e. The number of unbranched alkanes of at least 4 members (excludes halogenated alkanes) is 4. The summed E-state index contributed by atoms with van der Waals surface area (Å²) in [5.41, 5.74) is 1.05. The van der Waals surface area contributed by atoms with Gasteiger partial charge in [0.15, 0.2) is 0 Å². The van der Waals surface area contributed by atoms with E-state index in [0.717, 1.165) is 44.1 Å². The zero-order chi connectivity index (χ0) is 16.6. The van der Waals surface area contributed by atoms with Crippen molar-refractivity contribution in [2.45, 2.75) is 62.7 Å². The van der Waals surface area contributed by atoms with E-state index in [1.807, 2.05) is 0 Å². The van der Waals surface area contributed by atoms with Gasteiger partial charge in [-0.2, -0.15) is 8.42 Å². The van der Waals surface area contributed by atoms with Crippen LogP contribution in [0.5, 0.6) is 0 Å². The van der Waals surface area contributed by atoms with E-state index in [9.17, 15) is 13.2 Å². The molecule has 0 heterocycles. The summed E-state index contributed by atoms with van der Waals surface area (Å²) in [6, 6.07) is 6.32. The predicted molar refractivity (Wildman–Crippen MR) is 84.6 cm³/mol. The van der Waals surface area contributed by atoms with Crippen LogP contribution in [-0.4, -0.2) is 24.0 Å². The summed E-state index contributed by atoms with van der Waals surface area (Å²) in [4.78, 5) is 10.3. The Morgan fingerprint density at radius 1 is 1.05 bits per heavy atom. The lowest BCUT2D eigenvalue weighted by Gasteiger charge is -2.12. The van der Waals surface area contributed by atoms with Crippen LogP contribution in [-0.2, 0) is 14.9 Å². The molecule has 6 heteroatoms. The van der Waals surface area contributed by atoms with E-state index in [2.05, 4.69) is 6.92 Å². The van der Waals surface area contributed by atoms with Gasteiger partial charge in [0.25, 0.3) is 10.1 Å². The number of carboxylic acid groups (broad SMARTS) is 1. The topological polar surface area (TPSA) is 91.7 Å². The summed E-state index contributed by atoms with van der Waals surface area (Å²) in [6.07, 6.45) is 6.12. The van der Waals surface area contributed by atoms with E-state index in [4.69, 9.17) is 9.66 Å². The molecule has 1 rings (SSSR count). The third-order valence-corrected chi connectivity index (χ3v) is 4.64. The van der Waals surface area contributed by atoms with Crippen molar-refractivity contribution in [2.75, 3.05) is 0 Å². The van der Waals surface area contributed by atoms with E-state index < -0.39 is 16.1 Å². The van der Waals surface area contributed by atoms with Crippen molar-refractivity contribution in [3.8, 4) is 0 Å². The number of carbonyl (C=O) groups is 1. The highest BCUT2D eigenvalue weighted by Gasteiger charge is 2.11. The van der Waals surface area contributed by atoms with Crippen LogP contribution in [0.1, 0.15) is 63.4 Å². The van der Waals surface area contributed by atoms with E-state index >= 15 is 0 Å². The second kappa shape index (κ2) is 8.90. The molecule has 0 saturated carbocycles. The Labute approximate surface area is 132 Å². The van der Waals surface area contributed by atoms with Gasteiger partial charge in [-0.05, 0) is 36.5 Å². The average Bonchev–Trinajstić information content (AvgIpc) is 2.45. The second-order valence-corrected chi connectivity index (χ2v) is 7.07. The second-order valence-electron chi connectivity index (χ2n) is 5.65. The van der Waals surface area contributed by atoms with Gasteiger partial charge in [-0.1, -0.05) is 44.7 Å².